The van der Waals surface area contributed by atoms with Crippen molar-refractivity contribution in [1.82, 2.24) is 14.5 Å². The lowest BCUT2D eigenvalue weighted by Crippen LogP contribution is -2.49. The van der Waals surface area contributed by atoms with Gasteiger partial charge in [0.05, 0.1) is 4.90 Å². The second-order valence-corrected chi connectivity index (χ2v) is 9.41. The number of nitrogens with one attached hydrogen (secondary N) is 1. The first-order chi connectivity index (χ1) is 14.4. The highest BCUT2D eigenvalue weighted by Crippen LogP contribution is 2.21. The van der Waals surface area contributed by atoms with E-state index in [1.807, 2.05) is 56.3 Å². The van der Waals surface area contributed by atoms with Gasteiger partial charge in [0.1, 0.15) is 0 Å². The highest BCUT2D eigenvalue weighted by atomic mass is 32.2. The maximum absolute atomic E-state index is 12.9. The molecule has 8 heteroatoms. The van der Waals surface area contributed by atoms with Crippen molar-refractivity contribution in [1.29, 1.82) is 0 Å². The lowest BCUT2D eigenvalue weighted by atomic mass is 10.2. The molecule has 1 aromatic heterocycles. The summed E-state index contributed by atoms with van der Waals surface area (Å²) >= 11 is 0. The Morgan fingerprint density at radius 1 is 0.833 bits per heavy atom. The molecule has 2 aromatic carbocycles. The molecular weight excluding hydrogens is 398 g/mol. The molecule has 0 radical (unpaired) electrons. The molecule has 7 nitrogen and oxygen atoms in total. The summed E-state index contributed by atoms with van der Waals surface area (Å²) in [7, 11) is -3.47. The molecule has 4 rings (SSSR count). The molecular formula is C22H25N5O2S. The highest BCUT2D eigenvalue weighted by molar-refractivity contribution is 7.89. The lowest BCUT2D eigenvalue weighted by molar-refractivity contribution is 0.383. The quantitative estimate of drug-likeness (QED) is 0.678. The van der Waals surface area contributed by atoms with Gasteiger partial charge in [-0.3, -0.25) is 0 Å². The summed E-state index contributed by atoms with van der Waals surface area (Å²) in [6.45, 7) is 5.93. The summed E-state index contributed by atoms with van der Waals surface area (Å²) in [6, 6.07) is 18.9. The Labute approximate surface area is 177 Å². The third-order valence-corrected chi connectivity index (χ3v) is 7.06. The zero-order chi connectivity index (χ0) is 21.1. The van der Waals surface area contributed by atoms with Crippen LogP contribution >= 0.6 is 0 Å². The first kappa shape index (κ1) is 20.3. The number of benzene rings is 2. The zero-order valence-electron chi connectivity index (χ0n) is 17.1. The van der Waals surface area contributed by atoms with Crippen molar-refractivity contribution in [3.05, 3.63) is 71.8 Å². The fourth-order valence-corrected chi connectivity index (χ4v) is 4.96. The van der Waals surface area contributed by atoms with Gasteiger partial charge in [0.25, 0.3) is 0 Å². The van der Waals surface area contributed by atoms with Crippen LogP contribution in [0.5, 0.6) is 0 Å². The maximum Gasteiger partial charge on any atom is 0.243 e. The Kier molecular flexibility index (Phi) is 5.69. The van der Waals surface area contributed by atoms with Crippen LogP contribution in [0.2, 0.25) is 0 Å². The molecule has 0 atom stereocenters. The van der Waals surface area contributed by atoms with Crippen LogP contribution in [0.4, 0.5) is 17.3 Å². The average Bonchev–Trinajstić information content (AvgIpc) is 2.76. The van der Waals surface area contributed by atoms with E-state index in [4.69, 9.17) is 0 Å². The van der Waals surface area contributed by atoms with Gasteiger partial charge in [0.15, 0.2) is 11.6 Å². The van der Waals surface area contributed by atoms with Gasteiger partial charge in [-0.2, -0.15) is 4.31 Å². The van der Waals surface area contributed by atoms with Crippen molar-refractivity contribution in [2.75, 3.05) is 36.4 Å². The molecule has 30 heavy (non-hydrogen) atoms. The molecule has 0 saturated carbocycles. The normalized spacial score (nSPS) is 15.2. The fraction of sp³-hybridized carbons (Fsp3) is 0.273. The van der Waals surface area contributed by atoms with Crippen molar-refractivity contribution >= 4 is 27.3 Å². The topological polar surface area (TPSA) is 78.4 Å². The van der Waals surface area contributed by atoms with Crippen molar-refractivity contribution in [3.63, 3.8) is 0 Å². The predicted molar refractivity (Wildman–Crippen MR) is 119 cm³/mol. The minimum atomic E-state index is -3.47. The standard InChI is InChI=1S/C22H25N5O2S/c1-17-6-8-19(9-7-17)23-21-10-11-22(25-24-21)26-12-14-27(15-13-26)30(28,29)20-5-3-4-18(2)16-20/h3-11,16H,12-15H2,1-2H3,(H,23,24). The van der Waals surface area contributed by atoms with E-state index in [0.717, 1.165) is 17.1 Å². The third kappa shape index (κ3) is 4.44. The number of aromatic nitrogens is 2. The van der Waals surface area contributed by atoms with Gasteiger partial charge in [-0.25, -0.2) is 8.42 Å². The first-order valence-electron chi connectivity index (χ1n) is 9.91. The molecule has 0 spiro atoms. The van der Waals surface area contributed by atoms with Crippen LogP contribution in [0.1, 0.15) is 11.1 Å². The van der Waals surface area contributed by atoms with E-state index < -0.39 is 10.0 Å². The summed E-state index contributed by atoms with van der Waals surface area (Å²) in [5.41, 5.74) is 3.09. The van der Waals surface area contributed by atoms with Gasteiger partial charge in [0.2, 0.25) is 10.0 Å². The van der Waals surface area contributed by atoms with E-state index in [2.05, 4.69) is 20.4 Å². The number of aryl methyl sites for hydroxylation is 2. The number of hydrogen-bond acceptors (Lipinski definition) is 6. The van der Waals surface area contributed by atoms with E-state index in [1.165, 1.54) is 5.56 Å². The molecule has 1 aliphatic rings. The monoisotopic (exact) mass is 423 g/mol. The number of sulfonamides is 1. The summed E-state index contributed by atoms with van der Waals surface area (Å²) < 4.78 is 27.3. The number of nitrogens with zero attached hydrogens (tertiary/aromatic N) is 4. The van der Waals surface area contributed by atoms with Crippen LogP contribution in [-0.4, -0.2) is 49.1 Å². The second-order valence-electron chi connectivity index (χ2n) is 7.48. The summed E-state index contributed by atoms with van der Waals surface area (Å²) in [5.74, 6) is 1.42. The molecule has 0 amide bonds. The van der Waals surface area contributed by atoms with Crippen molar-refractivity contribution in [2.45, 2.75) is 18.7 Å². The van der Waals surface area contributed by atoms with E-state index in [0.29, 0.717) is 36.9 Å². The summed E-state index contributed by atoms with van der Waals surface area (Å²) in [5, 5.41) is 11.8. The van der Waals surface area contributed by atoms with Crippen molar-refractivity contribution < 1.29 is 8.42 Å². The Balaban J connectivity index is 1.38. The molecule has 1 aliphatic heterocycles. The minimum absolute atomic E-state index is 0.349. The largest absolute Gasteiger partial charge is 0.352 e. The summed E-state index contributed by atoms with van der Waals surface area (Å²) in [4.78, 5) is 2.41. The van der Waals surface area contributed by atoms with Crippen LogP contribution in [0.15, 0.2) is 65.6 Å². The van der Waals surface area contributed by atoms with E-state index in [-0.39, 0.29) is 0 Å². The molecule has 1 fully saturated rings. The van der Waals surface area contributed by atoms with Gasteiger partial charge in [0, 0.05) is 31.9 Å². The maximum atomic E-state index is 12.9. The van der Waals surface area contributed by atoms with Crippen molar-refractivity contribution in [3.8, 4) is 0 Å². The second kappa shape index (κ2) is 8.41. The van der Waals surface area contributed by atoms with Gasteiger partial charge in [-0.15, -0.1) is 10.2 Å². The number of hydrogen-bond donors (Lipinski definition) is 1. The number of rotatable bonds is 5. The number of anilines is 3. The molecule has 1 N–H and O–H groups in total. The Morgan fingerprint density at radius 3 is 2.20 bits per heavy atom. The smallest absolute Gasteiger partial charge is 0.243 e. The van der Waals surface area contributed by atoms with Crippen molar-refractivity contribution in [2.24, 2.45) is 0 Å². The molecule has 2 heterocycles. The van der Waals surface area contributed by atoms with Gasteiger partial charge in [-0.05, 0) is 55.8 Å². The Morgan fingerprint density at radius 2 is 1.57 bits per heavy atom. The predicted octanol–water partition coefficient (Wildman–Crippen LogP) is 3.35. The van der Waals surface area contributed by atoms with E-state index in [9.17, 15) is 8.42 Å². The lowest BCUT2D eigenvalue weighted by Gasteiger charge is -2.34. The first-order valence-corrected chi connectivity index (χ1v) is 11.3. The van der Waals surface area contributed by atoms with E-state index in [1.54, 1.807) is 22.5 Å². The molecule has 0 unspecified atom stereocenters. The molecule has 156 valence electrons. The van der Waals surface area contributed by atoms with Gasteiger partial charge >= 0.3 is 0 Å². The SMILES string of the molecule is Cc1ccc(Nc2ccc(N3CCN(S(=O)(=O)c4cccc(C)c4)CC3)nn2)cc1. The van der Waals surface area contributed by atoms with Gasteiger partial charge < -0.3 is 10.2 Å². The van der Waals surface area contributed by atoms with E-state index >= 15 is 0 Å². The molecule has 1 saturated heterocycles. The zero-order valence-corrected chi connectivity index (χ0v) is 17.9. The highest BCUT2D eigenvalue weighted by Gasteiger charge is 2.29. The Bertz CT molecular complexity index is 1110. The van der Waals surface area contributed by atoms with Crippen LogP contribution in [0.25, 0.3) is 0 Å². The van der Waals surface area contributed by atoms with Crippen LogP contribution in [-0.2, 0) is 10.0 Å². The van der Waals surface area contributed by atoms with Crippen LogP contribution < -0.4 is 10.2 Å². The number of piperazine rings is 1. The molecule has 3 aromatic rings. The molecule has 0 bridgehead atoms. The fourth-order valence-electron chi connectivity index (χ4n) is 3.43. The van der Waals surface area contributed by atoms with Crippen LogP contribution in [0, 0.1) is 13.8 Å². The average molecular weight is 424 g/mol. The minimum Gasteiger partial charge on any atom is -0.352 e. The van der Waals surface area contributed by atoms with Gasteiger partial charge in [-0.1, -0.05) is 29.8 Å². The summed E-state index contributed by atoms with van der Waals surface area (Å²) in [6.07, 6.45) is 0. The molecule has 0 aliphatic carbocycles. The Hall–Kier alpha value is -2.97. The van der Waals surface area contributed by atoms with Crippen LogP contribution in [0.3, 0.4) is 0 Å². The third-order valence-electron chi connectivity index (χ3n) is 5.16.